The standard InChI is InChI=1S/C12H14N2OS/c1-7-4-9(16-3)5-10(8(7)2)11-6-12(13)14-15-11/h4-6H,1-3H3,(H2,13,14). The lowest BCUT2D eigenvalue weighted by molar-refractivity contribution is 0.435. The topological polar surface area (TPSA) is 52.0 Å². The predicted molar refractivity (Wildman–Crippen MR) is 67.6 cm³/mol. The molecule has 1 aromatic carbocycles. The highest BCUT2D eigenvalue weighted by Gasteiger charge is 2.10. The van der Waals surface area contributed by atoms with Gasteiger partial charge in [-0.2, -0.15) is 0 Å². The molecule has 0 aliphatic heterocycles. The number of aromatic nitrogens is 1. The van der Waals surface area contributed by atoms with E-state index < -0.39 is 0 Å². The molecule has 0 aliphatic carbocycles. The Labute approximate surface area is 99.0 Å². The number of hydrogen-bond donors (Lipinski definition) is 1. The average Bonchev–Trinajstić information content (AvgIpc) is 2.68. The zero-order chi connectivity index (χ0) is 11.7. The number of nitrogens with two attached hydrogens (primary N) is 1. The van der Waals surface area contributed by atoms with Crippen LogP contribution in [0.15, 0.2) is 27.6 Å². The number of nitrogen functional groups attached to an aromatic ring is 1. The van der Waals surface area contributed by atoms with E-state index in [-0.39, 0.29) is 0 Å². The van der Waals surface area contributed by atoms with Gasteiger partial charge in [-0.05, 0) is 43.4 Å². The Bertz CT molecular complexity index is 520. The summed E-state index contributed by atoms with van der Waals surface area (Å²) >= 11 is 1.71. The van der Waals surface area contributed by atoms with E-state index in [0.29, 0.717) is 5.82 Å². The number of anilines is 1. The van der Waals surface area contributed by atoms with Crippen LogP contribution in [0, 0.1) is 13.8 Å². The molecule has 1 aromatic heterocycles. The fraction of sp³-hybridized carbons (Fsp3) is 0.250. The molecule has 0 unspecified atom stereocenters. The van der Waals surface area contributed by atoms with Crippen LogP contribution in [0.25, 0.3) is 11.3 Å². The summed E-state index contributed by atoms with van der Waals surface area (Å²) in [6, 6.07) is 6.03. The van der Waals surface area contributed by atoms with Gasteiger partial charge in [-0.1, -0.05) is 5.16 Å². The lowest BCUT2D eigenvalue weighted by atomic mass is 10.0. The van der Waals surface area contributed by atoms with Crippen LogP contribution in [0.5, 0.6) is 0 Å². The molecule has 0 aliphatic rings. The molecule has 0 amide bonds. The van der Waals surface area contributed by atoms with Crippen LogP contribution in [0.3, 0.4) is 0 Å². The van der Waals surface area contributed by atoms with Gasteiger partial charge < -0.3 is 10.3 Å². The number of thioether (sulfide) groups is 1. The summed E-state index contributed by atoms with van der Waals surface area (Å²) in [5.74, 6) is 1.15. The molecule has 2 N–H and O–H groups in total. The monoisotopic (exact) mass is 234 g/mol. The molecular formula is C12H14N2OS. The third-order valence-electron chi connectivity index (χ3n) is 2.67. The quantitative estimate of drug-likeness (QED) is 0.810. The Morgan fingerprint density at radius 3 is 2.56 bits per heavy atom. The molecule has 0 fully saturated rings. The molecule has 0 radical (unpaired) electrons. The molecule has 2 rings (SSSR count). The lowest BCUT2D eigenvalue weighted by Gasteiger charge is -2.08. The van der Waals surface area contributed by atoms with Crippen LogP contribution in [-0.2, 0) is 0 Å². The second-order valence-corrected chi connectivity index (χ2v) is 4.61. The van der Waals surface area contributed by atoms with Crippen molar-refractivity contribution in [2.24, 2.45) is 0 Å². The first-order valence-electron chi connectivity index (χ1n) is 4.99. The number of hydrogen-bond acceptors (Lipinski definition) is 4. The first kappa shape index (κ1) is 11.1. The SMILES string of the molecule is CSc1cc(C)c(C)c(-c2cc(N)no2)c1. The fourth-order valence-electron chi connectivity index (χ4n) is 1.62. The first-order chi connectivity index (χ1) is 7.61. The van der Waals surface area contributed by atoms with Crippen molar-refractivity contribution in [3.63, 3.8) is 0 Å². The van der Waals surface area contributed by atoms with Crippen LogP contribution in [0.1, 0.15) is 11.1 Å². The van der Waals surface area contributed by atoms with Crippen molar-refractivity contribution in [1.82, 2.24) is 5.16 Å². The minimum atomic E-state index is 0.418. The molecule has 84 valence electrons. The number of rotatable bonds is 2. The van der Waals surface area contributed by atoms with Gasteiger partial charge in [-0.25, -0.2) is 0 Å². The molecule has 0 bridgehead atoms. The maximum absolute atomic E-state index is 5.56. The largest absolute Gasteiger partial charge is 0.381 e. The van der Waals surface area contributed by atoms with E-state index in [2.05, 4.69) is 37.4 Å². The summed E-state index contributed by atoms with van der Waals surface area (Å²) in [5.41, 5.74) is 9.08. The third-order valence-corrected chi connectivity index (χ3v) is 3.38. The smallest absolute Gasteiger partial charge is 0.169 e. The van der Waals surface area contributed by atoms with E-state index in [0.717, 1.165) is 11.3 Å². The fourth-order valence-corrected chi connectivity index (χ4v) is 2.15. The highest BCUT2D eigenvalue weighted by molar-refractivity contribution is 7.98. The van der Waals surface area contributed by atoms with E-state index in [1.807, 2.05) is 0 Å². The molecule has 0 saturated carbocycles. The van der Waals surface area contributed by atoms with Crippen molar-refractivity contribution in [3.8, 4) is 11.3 Å². The molecule has 2 aromatic rings. The molecule has 1 heterocycles. The summed E-state index contributed by atoms with van der Waals surface area (Å²) in [4.78, 5) is 1.22. The van der Waals surface area contributed by atoms with Gasteiger partial charge >= 0.3 is 0 Å². The Morgan fingerprint density at radius 2 is 2.00 bits per heavy atom. The van der Waals surface area contributed by atoms with E-state index in [1.54, 1.807) is 17.8 Å². The highest BCUT2D eigenvalue weighted by Crippen LogP contribution is 2.31. The normalized spacial score (nSPS) is 10.7. The molecule has 0 atom stereocenters. The Morgan fingerprint density at radius 1 is 1.25 bits per heavy atom. The van der Waals surface area contributed by atoms with E-state index in [9.17, 15) is 0 Å². The van der Waals surface area contributed by atoms with Gasteiger partial charge in [-0.15, -0.1) is 11.8 Å². The minimum absolute atomic E-state index is 0.418. The van der Waals surface area contributed by atoms with E-state index >= 15 is 0 Å². The number of nitrogens with zero attached hydrogens (tertiary/aromatic N) is 1. The van der Waals surface area contributed by atoms with Gasteiger partial charge in [0.25, 0.3) is 0 Å². The second-order valence-electron chi connectivity index (χ2n) is 3.73. The maximum Gasteiger partial charge on any atom is 0.169 e. The Hall–Kier alpha value is -1.42. The summed E-state index contributed by atoms with van der Waals surface area (Å²) in [7, 11) is 0. The molecule has 4 heteroatoms. The maximum atomic E-state index is 5.56. The summed E-state index contributed by atoms with van der Waals surface area (Å²) in [6.07, 6.45) is 2.06. The van der Waals surface area contributed by atoms with Crippen molar-refractivity contribution in [1.29, 1.82) is 0 Å². The Balaban J connectivity index is 2.59. The molecule has 0 spiro atoms. The van der Waals surface area contributed by atoms with Gasteiger partial charge in [0.15, 0.2) is 11.6 Å². The first-order valence-corrected chi connectivity index (χ1v) is 6.22. The summed E-state index contributed by atoms with van der Waals surface area (Å²) < 4.78 is 5.20. The van der Waals surface area contributed by atoms with Gasteiger partial charge in [0.1, 0.15) is 0 Å². The third kappa shape index (κ3) is 1.93. The average molecular weight is 234 g/mol. The van der Waals surface area contributed by atoms with Gasteiger partial charge in [0.2, 0.25) is 0 Å². The van der Waals surface area contributed by atoms with Gasteiger partial charge in [0.05, 0.1) is 0 Å². The predicted octanol–water partition coefficient (Wildman–Crippen LogP) is 3.26. The molecule has 16 heavy (non-hydrogen) atoms. The molecular weight excluding hydrogens is 220 g/mol. The molecule has 0 saturated heterocycles. The van der Waals surface area contributed by atoms with Crippen LogP contribution < -0.4 is 5.73 Å². The van der Waals surface area contributed by atoms with Crippen molar-refractivity contribution in [3.05, 3.63) is 29.3 Å². The van der Waals surface area contributed by atoms with Crippen molar-refractivity contribution >= 4 is 17.6 Å². The zero-order valence-electron chi connectivity index (χ0n) is 9.57. The highest BCUT2D eigenvalue weighted by atomic mass is 32.2. The lowest BCUT2D eigenvalue weighted by Crippen LogP contribution is -1.87. The number of benzene rings is 1. The van der Waals surface area contributed by atoms with E-state index in [1.165, 1.54) is 16.0 Å². The zero-order valence-corrected chi connectivity index (χ0v) is 10.4. The van der Waals surface area contributed by atoms with Crippen LogP contribution in [-0.4, -0.2) is 11.4 Å². The molecule has 3 nitrogen and oxygen atoms in total. The van der Waals surface area contributed by atoms with Crippen molar-refractivity contribution in [2.75, 3.05) is 12.0 Å². The van der Waals surface area contributed by atoms with Crippen molar-refractivity contribution < 1.29 is 4.52 Å². The number of aryl methyl sites for hydroxylation is 1. The summed E-state index contributed by atoms with van der Waals surface area (Å²) in [5, 5.41) is 3.72. The van der Waals surface area contributed by atoms with Gasteiger partial charge in [-0.3, -0.25) is 0 Å². The van der Waals surface area contributed by atoms with Gasteiger partial charge in [0, 0.05) is 16.5 Å². The minimum Gasteiger partial charge on any atom is -0.381 e. The van der Waals surface area contributed by atoms with E-state index in [4.69, 9.17) is 10.3 Å². The van der Waals surface area contributed by atoms with Crippen molar-refractivity contribution in [2.45, 2.75) is 18.7 Å². The van der Waals surface area contributed by atoms with Crippen LogP contribution >= 0.6 is 11.8 Å². The van der Waals surface area contributed by atoms with Crippen LogP contribution in [0.2, 0.25) is 0 Å². The van der Waals surface area contributed by atoms with Crippen LogP contribution in [0.4, 0.5) is 5.82 Å². The summed E-state index contributed by atoms with van der Waals surface area (Å²) in [6.45, 7) is 4.17. The Kier molecular flexibility index (Phi) is 2.92. The second kappa shape index (κ2) is 4.22.